The van der Waals surface area contributed by atoms with E-state index in [2.05, 4.69) is 15.8 Å². The second-order valence-corrected chi connectivity index (χ2v) is 6.20. The van der Waals surface area contributed by atoms with Crippen LogP contribution in [0.4, 0.5) is 5.69 Å². The SMILES string of the molecule is COc1cccc(/C=N/NC(=O)c2ccc(NC(=O)CC(C)C)cc2)c1. The monoisotopic (exact) mass is 353 g/mol. The van der Waals surface area contributed by atoms with Gasteiger partial charge in [-0.25, -0.2) is 5.43 Å². The molecule has 2 rings (SSSR count). The molecule has 136 valence electrons. The van der Waals surface area contributed by atoms with Crippen LogP contribution in [0.15, 0.2) is 53.6 Å². The van der Waals surface area contributed by atoms with Gasteiger partial charge in [-0.05, 0) is 47.9 Å². The number of anilines is 1. The Morgan fingerprint density at radius 1 is 1.15 bits per heavy atom. The van der Waals surface area contributed by atoms with Gasteiger partial charge in [0.15, 0.2) is 0 Å². The highest BCUT2D eigenvalue weighted by Gasteiger charge is 2.07. The number of hydrogen-bond donors (Lipinski definition) is 2. The predicted octanol–water partition coefficient (Wildman–Crippen LogP) is 3.44. The molecule has 0 fully saturated rings. The minimum Gasteiger partial charge on any atom is -0.497 e. The summed E-state index contributed by atoms with van der Waals surface area (Å²) in [6.07, 6.45) is 2.00. The minimum absolute atomic E-state index is 0.0416. The van der Waals surface area contributed by atoms with Crippen LogP contribution in [-0.4, -0.2) is 25.1 Å². The van der Waals surface area contributed by atoms with E-state index < -0.39 is 0 Å². The lowest BCUT2D eigenvalue weighted by Crippen LogP contribution is -2.18. The van der Waals surface area contributed by atoms with Gasteiger partial charge < -0.3 is 10.1 Å². The molecule has 0 aliphatic heterocycles. The second-order valence-electron chi connectivity index (χ2n) is 6.20. The lowest BCUT2D eigenvalue weighted by Gasteiger charge is -2.07. The molecular weight excluding hydrogens is 330 g/mol. The fourth-order valence-corrected chi connectivity index (χ4v) is 2.24. The van der Waals surface area contributed by atoms with E-state index >= 15 is 0 Å². The first-order valence-electron chi connectivity index (χ1n) is 8.35. The van der Waals surface area contributed by atoms with Gasteiger partial charge in [0.1, 0.15) is 5.75 Å². The normalized spacial score (nSPS) is 10.8. The van der Waals surface area contributed by atoms with Gasteiger partial charge in [0.05, 0.1) is 13.3 Å². The zero-order chi connectivity index (χ0) is 18.9. The van der Waals surface area contributed by atoms with Crippen LogP contribution in [0.3, 0.4) is 0 Å². The number of methoxy groups -OCH3 is 1. The Bertz CT molecular complexity index is 783. The molecule has 0 radical (unpaired) electrons. The van der Waals surface area contributed by atoms with Crippen LogP contribution >= 0.6 is 0 Å². The Kier molecular flexibility index (Phi) is 6.91. The van der Waals surface area contributed by atoms with Gasteiger partial charge >= 0.3 is 0 Å². The summed E-state index contributed by atoms with van der Waals surface area (Å²) >= 11 is 0. The molecule has 0 aliphatic rings. The molecule has 2 amide bonds. The zero-order valence-electron chi connectivity index (χ0n) is 15.2. The average Bonchev–Trinajstić information content (AvgIpc) is 2.61. The van der Waals surface area contributed by atoms with Crippen LogP contribution in [0, 0.1) is 5.92 Å². The quantitative estimate of drug-likeness (QED) is 0.591. The van der Waals surface area contributed by atoms with Gasteiger partial charge in [-0.3, -0.25) is 9.59 Å². The Balaban J connectivity index is 1.91. The number of hydrazone groups is 1. The molecule has 6 nitrogen and oxygen atoms in total. The average molecular weight is 353 g/mol. The van der Waals surface area contributed by atoms with E-state index in [0.717, 1.165) is 11.3 Å². The molecule has 0 unspecified atom stereocenters. The van der Waals surface area contributed by atoms with Crippen LogP contribution in [0.2, 0.25) is 0 Å². The van der Waals surface area contributed by atoms with E-state index in [1.165, 1.54) is 0 Å². The number of ether oxygens (including phenoxy) is 1. The van der Waals surface area contributed by atoms with Crippen molar-refractivity contribution >= 4 is 23.7 Å². The second kappa shape index (κ2) is 9.36. The van der Waals surface area contributed by atoms with Crippen LogP contribution in [0.1, 0.15) is 36.2 Å². The summed E-state index contributed by atoms with van der Waals surface area (Å²) in [5.74, 6) is 0.641. The summed E-state index contributed by atoms with van der Waals surface area (Å²) < 4.78 is 5.13. The largest absolute Gasteiger partial charge is 0.497 e. The third-order valence-electron chi connectivity index (χ3n) is 3.50. The zero-order valence-corrected chi connectivity index (χ0v) is 15.2. The van der Waals surface area contributed by atoms with Crippen molar-refractivity contribution in [2.75, 3.05) is 12.4 Å². The number of hydrogen-bond acceptors (Lipinski definition) is 4. The highest BCUT2D eigenvalue weighted by atomic mass is 16.5. The Labute approximate surface area is 153 Å². The lowest BCUT2D eigenvalue weighted by atomic mass is 10.1. The highest BCUT2D eigenvalue weighted by Crippen LogP contribution is 2.12. The summed E-state index contributed by atoms with van der Waals surface area (Å²) in [5, 5.41) is 6.75. The van der Waals surface area contributed by atoms with Crippen molar-refractivity contribution in [2.24, 2.45) is 11.0 Å². The van der Waals surface area contributed by atoms with Gasteiger partial charge in [0.2, 0.25) is 5.91 Å². The predicted molar refractivity (Wildman–Crippen MR) is 103 cm³/mol. The van der Waals surface area contributed by atoms with Crippen molar-refractivity contribution in [3.63, 3.8) is 0 Å². The first-order chi connectivity index (χ1) is 12.5. The number of nitrogens with one attached hydrogen (secondary N) is 2. The topological polar surface area (TPSA) is 79.8 Å². The van der Waals surface area contributed by atoms with Crippen molar-refractivity contribution in [1.29, 1.82) is 0 Å². The van der Waals surface area contributed by atoms with Gasteiger partial charge in [-0.15, -0.1) is 0 Å². The van der Waals surface area contributed by atoms with Crippen molar-refractivity contribution in [2.45, 2.75) is 20.3 Å². The van der Waals surface area contributed by atoms with Crippen LogP contribution in [0.25, 0.3) is 0 Å². The van der Waals surface area contributed by atoms with E-state index in [1.807, 2.05) is 38.1 Å². The number of amides is 2. The molecule has 0 aliphatic carbocycles. The smallest absolute Gasteiger partial charge is 0.271 e. The number of benzene rings is 2. The first-order valence-corrected chi connectivity index (χ1v) is 8.35. The molecule has 0 saturated carbocycles. The van der Waals surface area contributed by atoms with E-state index in [9.17, 15) is 9.59 Å². The Hall–Kier alpha value is -3.15. The van der Waals surface area contributed by atoms with E-state index in [-0.39, 0.29) is 11.8 Å². The van der Waals surface area contributed by atoms with Crippen molar-refractivity contribution in [1.82, 2.24) is 5.43 Å². The fraction of sp³-hybridized carbons (Fsp3) is 0.250. The van der Waals surface area contributed by atoms with E-state index in [0.29, 0.717) is 23.6 Å². The molecule has 0 bridgehead atoms. The summed E-state index contributed by atoms with van der Waals surface area (Å²) in [6.45, 7) is 3.97. The standard InChI is InChI=1S/C20H23N3O3/c1-14(2)11-19(24)22-17-9-7-16(8-10-17)20(25)23-21-13-15-5-4-6-18(12-15)26-3/h4-10,12-14H,11H2,1-3H3,(H,22,24)(H,23,25)/b21-13+. The Morgan fingerprint density at radius 2 is 1.88 bits per heavy atom. The van der Waals surface area contributed by atoms with Gasteiger partial charge in [0, 0.05) is 17.7 Å². The molecule has 0 saturated heterocycles. The molecule has 6 heteroatoms. The van der Waals surface area contributed by atoms with Gasteiger partial charge in [-0.2, -0.15) is 5.10 Å². The molecule has 2 N–H and O–H groups in total. The molecule has 0 spiro atoms. The van der Waals surface area contributed by atoms with Crippen LogP contribution in [-0.2, 0) is 4.79 Å². The maximum Gasteiger partial charge on any atom is 0.271 e. The first kappa shape index (κ1) is 19.2. The molecule has 0 aromatic heterocycles. The van der Waals surface area contributed by atoms with E-state index in [4.69, 9.17) is 4.74 Å². The number of rotatable bonds is 7. The number of carbonyl (C=O) groups is 2. The molecule has 26 heavy (non-hydrogen) atoms. The maximum absolute atomic E-state index is 12.1. The molecule has 0 atom stereocenters. The molecule has 0 heterocycles. The number of nitrogens with zero attached hydrogens (tertiary/aromatic N) is 1. The van der Waals surface area contributed by atoms with Crippen molar-refractivity contribution < 1.29 is 14.3 Å². The highest BCUT2D eigenvalue weighted by molar-refractivity contribution is 5.96. The Morgan fingerprint density at radius 3 is 2.54 bits per heavy atom. The van der Waals surface area contributed by atoms with Crippen LogP contribution in [0.5, 0.6) is 5.75 Å². The van der Waals surface area contributed by atoms with Crippen LogP contribution < -0.4 is 15.5 Å². The van der Waals surface area contributed by atoms with Gasteiger partial charge in [0.25, 0.3) is 5.91 Å². The summed E-state index contributed by atoms with van der Waals surface area (Å²) in [6, 6.07) is 14.0. The third kappa shape index (κ3) is 6.05. The van der Waals surface area contributed by atoms with E-state index in [1.54, 1.807) is 37.6 Å². The maximum atomic E-state index is 12.1. The number of carbonyl (C=O) groups excluding carboxylic acids is 2. The summed E-state index contributed by atoms with van der Waals surface area (Å²) in [5.41, 5.74) is 4.40. The van der Waals surface area contributed by atoms with Gasteiger partial charge in [-0.1, -0.05) is 26.0 Å². The molecule has 2 aromatic carbocycles. The summed E-state index contributed by atoms with van der Waals surface area (Å²) in [4.78, 5) is 23.8. The fourth-order valence-electron chi connectivity index (χ4n) is 2.24. The lowest BCUT2D eigenvalue weighted by molar-refractivity contribution is -0.116. The molecule has 2 aromatic rings. The van der Waals surface area contributed by atoms with Crippen molar-refractivity contribution in [3.8, 4) is 5.75 Å². The minimum atomic E-state index is -0.329. The third-order valence-corrected chi connectivity index (χ3v) is 3.50. The molecular formula is C20H23N3O3. The summed E-state index contributed by atoms with van der Waals surface area (Å²) in [7, 11) is 1.59. The van der Waals surface area contributed by atoms with Crippen molar-refractivity contribution in [3.05, 3.63) is 59.7 Å².